The van der Waals surface area contributed by atoms with Gasteiger partial charge in [-0.05, 0) is 49.9 Å². The van der Waals surface area contributed by atoms with Gasteiger partial charge in [0.05, 0.1) is 0 Å². The Hall–Kier alpha value is -1.23. The van der Waals surface area contributed by atoms with Crippen molar-refractivity contribution in [3.8, 4) is 0 Å². The van der Waals surface area contributed by atoms with Crippen LogP contribution >= 0.6 is 0 Å². The number of fused-ring (bicyclic) bond motifs is 5. The van der Waals surface area contributed by atoms with Gasteiger partial charge < -0.3 is 9.84 Å². The number of aliphatic hydroxyl groups is 1. The molecule has 7 atom stereocenters. The van der Waals surface area contributed by atoms with Crippen LogP contribution in [0.25, 0.3) is 0 Å². The molecule has 144 valence electrons. The molecule has 4 rings (SSSR count). The fourth-order valence-electron chi connectivity index (χ4n) is 7.16. The normalized spacial score (nSPS) is 50.6. The van der Waals surface area contributed by atoms with Gasteiger partial charge in [0.15, 0.2) is 0 Å². The van der Waals surface area contributed by atoms with E-state index in [1.807, 2.05) is 0 Å². The van der Waals surface area contributed by atoms with Gasteiger partial charge in [0.25, 0.3) is 0 Å². The second-order valence-electron chi connectivity index (χ2n) is 9.69. The van der Waals surface area contributed by atoms with Crippen molar-refractivity contribution >= 4 is 17.5 Å². The molecule has 0 unspecified atom stereocenters. The van der Waals surface area contributed by atoms with Gasteiger partial charge in [-0.25, -0.2) is 0 Å². The van der Waals surface area contributed by atoms with E-state index in [-0.39, 0.29) is 29.5 Å². The summed E-state index contributed by atoms with van der Waals surface area (Å²) in [6.45, 7) is 5.56. The van der Waals surface area contributed by atoms with Crippen LogP contribution in [-0.4, -0.2) is 34.3 Å². The Labute approximate surface area is 154 Å². The lowest BCUT2D eigenvalue weighted by Crippen LogP contribution is -2.68. The highest BCUT2D eigenvalue weighted by atomic mass is 16.6. The Balaban J connectivity index is 1.76. The van der Waals surface area contributed by atoms with Crippen molar-refractivity contribution < 1.29 is 24.2 Å². The number of esters is 1. The molecule has 0 aromatic heterocycles. The number of Topliss-reactive ketones (excluding diaryl/α,β-unsaturated/α-hetero) is 2. The fourth-order valence-corrected chi connectivity index (χ4v) is 7.16. The van der Waals surface area contributed by atoms with E-state index < -0.39 is 23.1 Å². The van der Waals surface area contributed by atoms with E-state index in [0.29, 0.717) is 37.4 Å². The van der Waals surface area contributed by atoms with Crippen LogP contribution < -0.4 is 0 Å². The molecular weight excluding hydrogens is 332 g/mol. The smallest absolute Gasteiger partial charge is 0.303 e. The van der Waals surface area contributed by atoms with Crippen molar-refractivity contribution in [2.24, 2.45) is 28.6 Å². The molecule has 5 nitrogen and oxygen atoms in total. The molecule has 0 saturated heterocycles. The minimum absolute atomic E-state index is 0.0530. The lowest BCUT2D eigenvalue weighted by atomic mass is 9.43. The van der Waals surface area contributed by atoms with Crippen molar-refractivity contribution in [2.45, 2.75) is 83.8 Å². The summed E-state index contributed by atoms with van der Waals surface area (Å²) in [5, 5.41) is 11.7. The maximum absolute atomic E-state index is 12.6. The lowest BCUT2D eigenvalue weighted by molar-refractivity contribution is -0.253. The van der Waals surface area contributed by atoms with Crippen LogP contribution in [0.15, 0.2) is 0 Å². The van der Waals surface area contributed by atoms with Gasteiger partial charge in [0.2, 0.25) is 0 Å². The summed E-state index contributed by atoms with van der Waals surface area (Å²) in [5.41, 5.74) is -2.00. The quantitative estimate of drug-likeness (QED) is 0.726. The second-order valence-corrected chi connectivity index (χ2v) is 9.69. The first kappa shape index (κ1) is 18.1. The van der Waals surface area contributed by atoms with Crippen LogP contribution in [0.1, 0.15) is 72.1 Å². The Morgan fingerprint density at radius 3 is 2.54 bits per heavy atom. The molecule has 4 fully saturated rings. The molecule has 4 saturated carbocycles. The number of carbonyl (C=O) groups excluding carboxylic acids is 3. The number of hydrogen-bond donors (Lipinski definition) is 1. The third-order valence-electron chi connectivity index (χ3n) is 8.67. The zero-order valence-electron chi connectivity index (χ0n) is 16.0. The summed E-state index contributed by atoms with van der Waals surface area (Å²) in [4.78, 5) is 36.5. The molecule has 0 aromatic rings. The van der Waals surface area contributed by atoms with E-state index in [1.54, 1.807) is 0 Å². The van der Waals surface area contributed by atoms with E-state index in [9.17, 15) is 19.5 Å². The molecule has 0 spiro atoms. The van der Waals surface area contributed by atoms with Crippen LogP contribution in [0.5, 0.6) is 0 Å². The first-order chi connectivity index (χ1) is 12.1. The zero-order valence-corrected chi connectivity index (χ0v) is 16.0. The minimum atomic E-state index is -1.29. The number of carbonyl (C=O) groups is 3. The number of ketones is 2. The van der Waals surface area contributed by atoms with Crippen LogP contribution in [-0.2, 0) is 19.1 Å². The molecule has 26 heavy (non-hydrogen) atoms. The van der Waals surface area contributed by atoms with Crippen molar-refractivity contribution in [3.05, 3.63) is 0 Å². The monoisotopic (exact) mass is 362 g/mol. The highest BCUT2D eigenvalue weighted by Gasteiger charge is 2.68. The fraction of sp³-hybridized carbons (Fsp3) is 0.857. The summed E-state index contributed by atoms with van der Waals surface area (Å²) >= 11 is 0. The van der Waals surface area contributed by atoms with Gasteiger partial charge in [0.1, 0.15) is 23.3 Å². The molecule has 0 heterocycles. The molecule has 0 aromatic carbocycles. The summed E-state index contributed by atoms with van der Waals surface area (Å²) in [7, 11) is 0. The minimum Gasteiger partial charge on any atom is -0.459 e. The van der Waals surface area contributed by atoms with Crippen molar-refractivity contribution in [3.63, 3.8) is 0 Å². The summed E-state index contributed by atoms with van der Waals surface area (Å²) in [6, 6.07) is 0. The molecule has 4 aliphatic carbocycles. The Morgan fingerprint density at radius 2 is 1.85 bits per heavy atom. The third kappa shape index (κ3) is 2.22. The first-order valence-electron chi connectivity index (χ1n) is 10.1. The highest BCUT2D eigenvalue weighted by molar-refractivity contribution is 5.87. The molecule has 1 N–H and O–H groups in total. The van der Waals surface area contributed by atoms with E-state index >= 15 is 0 Å². The molecule has 0 radical (unpaired) electrons. The van der Waals surface area contributed by atoms with Crippen LogP contribution in [0.2, 0.25) is 0 Å². The Morgan fingerprint density at radius 1 is 1.12 bits per heavy atom. The molecule has 0 amide bonds. The third-order valence-corrected chi connectivity index (χ3v) is 8.67. The zero-order chi connectivity index (χ0) is 18.9. The SMILES string of the molecule is CC(=O)O[C@@H]1C[C@H]2[C@@H]3CCC(=O)[C@@]3(C)CC[C@@H]2[C@@]2(C)CCC(=O)C[C@]12O. The van der Waals surface area contributed by atoms with E-state index in [4.69, 9.17) is 4.74 Å². The van der Waals surface area contributed by atoms with Gasteiger partial charge >= 0.3 is 5.97 Å². The van der Waals surface area contributed by atoms with Gasteiger partial charge in [-0.2, -0.15) is 0 Å². The number of ether oxygens (including phenoxy) is 1. The molecule has 4 aliphatic rings. The predicted molar refractivity (Wildman–Crippen MR) is 94.1 cm³/mol. The summed E-state index contributed by atoms with van der Waals surface area (Å²) < 4.78 is 5.61. The average Bonchev–Trinajstić information content (AvgIpc) is 2.85. The maximum Gasteiger partial charge on any atom is 0.303 e. The maximum atomic E-state index is 12.6. The second kappa shape index (κ2) is 5.63. The van der Waals surface area contributed by atoms with Crippen molar-refractivity contribution in [1.29, 1.82) is 0 Å². The Bertz CT molecular complexity index is 671. The van der Waals surface area contributed by atoms with Crippen molar-refractivity contribution in [2.75, 3.05) is 0 Å². The van der Waals surface area contributed by atoms with E-state index in [0.717, 1.165) is 19.3 Å². The van der Waals surface area contributed by atoms with E-state index in [2.05, 4.69) is 13.8 Å². The largest absolute Gasteiger partial charge is 0.459 e. The Kier molecular flexibility index (Phi) is 3.93. The van der Waals surface area contributed by atoms with Gasteiger partial charge in [-0.15, -0.1) is 0 Å². The van der Waals surface area contributed by atoms with Gasteiger partial charge in [-0.3, -0.25) is 14.4 Å². The molecule has 0 bridgehead atoms. The average molecular weight is 362 g/mol. The predicted octanol–water partition coefficient (Wildman–Crippen LogP) is 2.82. The molecule has 5 heteroatoms. The lowest BCUT2D eigenvalue weighted by Gasteiger charge is -2.64. The van der Waals surface area contributed by atoms with E-state index in [1.165, 1.54) is 6.92 Å². The molecular formula is C21H30O5. The number of rotatable bonds is 1. The van der Waals surface area contributed by atoms with Gasteiger partial charge in [0, 0.05) is 37.0 Å². The summed E-state index contributed by atoms with van der Waals surface area (Å²) in [6.07, 6.45) is 4.42. The van der Waals surface area contributed by atoms with Crippen LogP contribution in [0.4, 0.5) is 0 Å². The highest BCUT2D eigenvalue weighted by Crippen LogP contribution is 2.66. The first-order valence-corrected chi connectivity index (χ1v) is 10.1. The van der Waals surface area contributed by atoms with Crippen LogP contribution in [0.3, 0.4) is 0 Å². The van der Waals surface area contributed by atoms with Crippen LogP contribution in [0, 0.1) is 28.6 Å². The number of hydrogen-bond acceptors (Lipinski definition) is 5. The van der Waals surface area contributed by atoms with Gasteiger partial charge in [-0.1, -0.05) is 13.8 Å². The van der Waals surface area contributed by atoms with Crippen molar-refractivity contribution in [1.82, 2.24) is 0 Å². The standard InChI is InChI=1S/C21H30O5/c1-12(22)26-18-10-14-15-4-5-17(24)19(15,2)8-7-16(14)20(3)9-6-13(23)11-21(18,20)25/h14-16,18,25H,4-11H2,1-3H3/t14-,15-,16-,18+,19-,20+,21-/m0/s1. The topological polar surface area (TPSA) is 80.7 Å². The molecule has 0 aliphatic heterocycles. The summed E-state index contributed by atoms with van der Waals surface area (Å²) in [5.74, 6) is 0.848.